The summed E-state index contributed by atoms with van der Waals surface area (Å²) in [5, 5.41) is 3.42. The molecule has 1 heterocycles. The lowest BCUT2D eigenvalue weighted by Crippen LogP contribution is -2.18. The standard InChI is InChI=1S/C13H14BrN3/c1-10(11-3-2-4-12(14)7-11)17-9-13-8-15-5-6-16-13/h2-8,10,17H,9H2,1H3/t10-/m0/s1. The molecule has 1 aromatic carbocycles. The molecule has 0 radical (unpaired) electrons. The topological polar surface area (TPSA) is 37.8 Å². The van der Waals surface area contributed by atoms with Gasteiger partial charge in [-0.25, -0.2) is 0 Å². The van der Waals surface area contributed by atoms with Crippen LogP contribution in [0.1, 0.15) is 24.2 Å². The van der Waals surface area contributed by atoms with Crippen molar-refractivity contribution in [3.8, 4) is 0 Å². The summed E-state index contributed by atoms with van der Waals surface area (Å²) in [5.41, 5.74) is 2.21. The highest BCUT2D eigenvalue weighted by Gasteiger charge is 2.05. The maximum atomic E-state index is 4.23. The first-order valence-electron chi connectivity index (χ1n) is 5.49. The van der Waals surface area contributed by atoms with Gasteiger partial charge in [-0.2, -0.15) is 0 Å². The van der Waals surface area contributed by atoms with Crippen molar-refractivity contribution in [2.45, 2.75) is 19.5 Å². The van der Waals surface area contributed by atoms with Gasteiger partial charge in [0.15, 0.2) is 0 Å². The summed E-state index contributed by atoms with van der Waals surface area (Å²) in [6, 6.07) is 8.58. The van der Waals surface area contributed by atoms with Crippen molar-refractivity contribution in [2.24, 2.45) is 0 Å². The molecule has 0 aliphatic carbocycles. The molecule has 17 heavy (non-hydrogen) atoms. The number of rotatable bonds is 4. The Hall–Kier alpha value is -1.26. The van der Waals surface area contributed by atoms with E-state index in [0.717, 1.165) is 16.7 Å². The Morgan fingerprint density at radius 3 is 2.94 bits per heavy atom. The zero-order valence-electron chi connectivity index (χ0n) is 9.60. The molecule has 0 aliphatic heterocycles. The minimum atomic E-state index is 0.287. The second kappa shape index (κ2) is 5.89. The van der Waals surface area contributed by atoms with Crippen LogP contribution in [0.5, 0.6) is 0 Å². The normalized spacial score (nSPS) is 12.4. The third-order valence-corrected chi connectivity index (χ3v) is 3.05. The lowest BCUT2D eigenvalue weighted by Gasteiger charge is -2.14. The largest absolute Gasteiger partial charge is 0.305 e. The first kappa shape index (κ1) is 12.2. The smallest absolute Gasteiger partial charge is 0.0724 e. The lowest BCUT2D eigenvalue weighted by molar-refractivity contribution is 0.566. The molecule has 0 saturated heterocycles. The van der Waals surface area contributed by atoms with E-state index in [1.165, 1.54) is 5.56 Å². The molecule has 4 heteroatoms. The molecule has 1 N–H and O–H groups in total. The molecule has 2 aromatic rings. The summed E-state index contributed by atoms with van der Waals surface area (Å²) in [5.74, 6) is 0. The fourth-order valence-electron chi connectivity index (χ4n) is 1.57. The highest BCUT2D eigenvalue weighted by Crippen LogP contribution is 2.17. The van der Waals surface area contributed by atoms with Crippen LogP contribution in [-0.2, 0) is 6.54 Å². The summed E-state index contributed by atoms with van der Waals surface area (Å²) in [4.78, 5) is 8.27. The summed E-state index contributed by atoms with van der Waals surface area (Å²) >= 11 is 3.48. The zero-order valence-corrected chi connectivity index (χ0v) is 11.2. The van der Waals surface area contributed by atoms with Crippen molar-refractivity contribution in [3.63, 3.8) is 0 Å². The first-order valence-corrected chi connectivity index (χ1v) is 6.29. The molecule has 0 saturated carbocycles. The second-order valence-electron chi connectivity index (χ2n) is 3.85. The minimum absolute atomic E-state index is 0.287. The molecule has 0 amide bonds. The summed E-state index contributed by atoms with van der Waals surface area (Å²) in [7, 11) is 0. The van der Waals surface area contributed by atoms with Gasteiger partial charge in [0.2, 0.25) is 0 Å². The van der Waals surface area contributed by atoms with Crippen LogP contribution >= 0.6 is 15.9 Å². The maximum absolute atomic E-state index is 4.23. The summed E-state index contributed by atoms with van der Waals surface area (Å²) in [6.45, 7) is 2.86. The van der Waals surface area contributed by atoms with Gasteiger partial charge in [0.05, 0.1) is 5.69 Å². The second-order valence-corrected chi connectivity index (χ2v) is 4.77. The average Bonchev–Trinajstić information content (AvgIpc) is 2.37. The van der Waals surface area contributed by atoms with Crippen molar-refractivity contribution in [2.75, 3.05) is 0 Å². The Kier molecular flexibility index (Phi) is 4.23. The van der Waals surface area contributed by atoms with Crippen LogP contribution in [0, 0.1) is 0 Å². The monoisotopic (exact) mass is 291 g/mol. The molecule has 3 nitrogen and oxygen atoms in total. The van der Waals surface area contributed by atoms with Crippen LogP contribution in [0.4, 0.5) is 0 Å². The number of hydrogen-bond donors (Lipinski definition) is 1. The third-order valence-electron chi connectivity index (χ3n) is 2.55. The van der Waals surface area contributed by atoms with E-state index in [1.807, 2.05) is 12.1 Å². The van der Waals surface area contributed by atoms with Crippen molar-refractivity contribution in [1.82, 2.24) is 15.3 Å². The molecule has 0 bridgehead atoms. The van der Waals surface area contributed by atoms with Gasteiger partial charge in [-0.05, 0) is 24.6 Å². The quantitative estimate of drug-likeness (QED) is 0.941. The minimum Gasteiger partial charge on any atom is -0.305 e. The molecule has 1 aromatic heterocycles. The van der Waals surface area contributed by atoms with Gasteiger partial charge < -0.3 is 5.32 Å². The summed E-state index contributed by atoms with van der Waals surface area (Å²) < 4.78 is 1.10. The van der Waals surface area contributed by atoms with Crippen molar-refractivity contribution >= 4 is 15.9 Å². The fraction of sp³-hybridized carbons (Fsp3) is 0.231. The molecular formula is C13H14BrN3. The Balaban J connectivity index is 1.96. The SMILES string of the molecule is C[C@H](NCc1cnccn1)c1cccc(Br)c1. The average molecular weight is 292 g/mol. The van der Waals surface area contributed by atoms with E-state index in [-0.39, 0.29) is 6.04 Å². The van der Waals surface area contributed by atoms with E-state index in [4.69, 9.17) is 0 Å². The highest BCUT2D eigenvalue weighted by molar-refractivity contribution is 9.10. The van der Waals surface area contributed by atoms with E-state index >= 15 is 0 Å². The molecule has 0 aliphatic rings. The highest BCUT2D eigenvalue weighted by atomic mass is 79.9. The van der Waals surface area contributed by atoms with E-state index in [1.54, 1.807) is 18.6 Å². The van der Waals surface area contributed by atoms with Crippen LogP contribution < -0.4 is 5.32 Å². The fourth-order valence-corrected chi connectivity index (χ4v) is 1.99. The molecule has 0 unspecified atom stereocenters. The van der Waals surface area contributed by atoms with Crippen LogP contribution in [0.3, 0.4) is 0 Å². The number of hydrogen-bond acceptors (Lipinski definition) is 3. The van der Waals surface area contributed by atoms with Gasteiger partial charge in [0.1, 0.15) is 0 Å². The van der Waals surface area contributed by atoms with Crippen LogP contribution in [0.15, 0.2) is 47.3 Å². The van der Waals surface area contributed by atoms with E-state index < -0.39 is 0 Å². The summed E-state index contributed by atoms with van der Waals surface area (Å²) in [6.07, 6.45) is 5.17. The van der Waals surface area contributed by atoms with E-state index in [9.17, 15) is 0 Å². The number of aromatic nitrogens is 2. The zero-order chi connectivity index (χ0) is 12.1. The molecule has 0 fully saturated rings. The Morgan fingerprint density at radius 2 is 2.24 bits per heavy atom. The molecule has 2 rings (SSSR count). The maximum Gasteiger partial charge on any atom is 0.0724 e. The van der Waals surface area contributed by atoms with Crippen molar-refractivity contribution in [3.05, 3.63) is 58.6 Å². The Bertz CT molecular complexity index is 473. The first-order chi connectivity index (χ1) is 8.25. The van der Waals surface area contributed by atoms with Gasteiger partial charge >= 0.3 is 0 Å². The van der Waals surface area contributed by atoms with Crippen LogP contribution in [-0.4, -0.2) is 9.97 Å². The lowest BCUT2D eigenvalue weighted by atomic mass is 10.1. The van der Waals surface area contributed by atoms with Crippen LogP contribution in [0.25, 0.3) is 0 Å². The molecular weight excluding hydrogens is 278 g/mol. The van der Waals surface area contributed by atoms with Gasteiger partial charge in [-0.1, -0.05) is 28.1 Å². The third kappa shape index (κ3) is 3.61. The van der Waals surface area contributed by atoms with E-state index in [2.05, 4.69) is 50.3 Å². The van der Waals surface area contributed by atoms with Crippen molar-refractivity contribution in [1.29, 1.82) is 0 Å². The number of halogens is 1. The predicted molar refractivity (Wildman–Crippen MR) is 71.4 cm³/mol. The molecule has 1 atom stereocenters. The molecule has 0 spiro atoms. The Morgan fingerprint density at radius 1 is 1.35 bits per heavy atom. The Labute approximate surface area is 109 Å². The van der Waals surface area contributed by atoms with E-state index in [0.29, 0.717) is 0 Å². The van der Waals surface area contributed by atoms with Crippen molar-refractivity contribution < 1.29 is 0 Å². The number of benzene rings is 1. The van der Waals surface area contributed by atoms with Gasteiger partial charge in [0, 0.05) is 35.6 Å². The van der Waals surface area contributed by atoms with Gasteiger partial charge in [-0.3, -0.25) is 9.97 Å². The predicted octanol–water partition coefficient (Wildman–Crippen LogP) is 3.09. The van der Waals surface area contributed by atoms with Crippen LogP contribution in [0.2, 0.25) is 0 Å². The van der Waals surface area contributed by atoms with Gasteiger partial charge in [0.25, 0.3) is 0 Å². The number of nitrogens with zero attached hydrogens (tertiary/aromatic N) is 2. The van der Waals surface area contributed by atoms with Gasteiger partial charge in [-0.15, -0.1) is 0 Å². The molecule has 88 valence electrons. The number of nitrogens with one attached hydrogen (secondary N) is 1.